The number of methoxy groups -OCH3 is 1. The maximum absolute atomic E-state index is 6.30. The summed E-state index contributed by atoms with van der Waals surface area (Å²) >= 11 is 0. The Kier molecular flexibility index (Phi) is 5.31. The number of nitrogens with zero attached hydrogens (tertiary/aromatic N) is 1. The van der Waals surface area contributed by atoms with E-state index in [1.165, 1.54) is 0 Å². The third-order valence-corrected chi connectivity index (χ3v) is 4.52. The van der Waals surface area contributed by atoms with E-state index in [1.54, 1.807) is 7.11 Å². The van der Waals surface area contributed by atoms with Crippen LogP contribution in [0.1, 0.15) is 46.7 Å². The lowest BCUT2D eigenvalue weighted by Gasteiger charge is -2.37. The smallest absolute Gasteiger partial charge is 0.399 e. The van der Waals surface area contributed by atoms with Crippen molar-refractivity contribution in [1.82, 2.24) is 4.98 Å². The van der Waals surface area contributed by atoms with E-state index in [2.05, 4.69) is 39.6 Å². The topological polar surface area (TPSA) is 40.6 Å². The zero-order chi connectivity index (χ0) is 16.4. The van der Waals surface area contributed by atoms with Crippen LogP contribution in [0.4, 0.5) is 0 Å². The van der Waals surface area contributed by atoms with Crippen LogP contribution < -0.4 is 5.46 Å². The molecule has 0 bridgehead atoms. The van der Waals surface area contributed by atoms with E-state index < -0.39 is 0 Å². The van der Waals surface area contributed by atoms with Gasteiger partial charge in [0, 0.05) is 30.9 Å². The molecule has 2 rings (SSSR count). The Bertz CT molecular complexity index is 489. The fourth-order valence-corrected chi connectivity index (χ4v) is 2.93. The normalized spacial score (nSPS) is 24.2. The second kappa shape index (κ2) is 6.69. The van der Waals surface area contributed by atoms with Gasteiger partial charge in [-0.1, -0.05) is 19.9 Å². The second-order valence-electron chi connectivity index (χ2n) is 7.23. The van der Waals surface area contributed by atoms with Crippen LogP contribution in [0.5, 0.6) is 0 Å². The average Bonchev–Trinajstić information content (AvgIpc) is 2.66. The van der Waals surface area contributed by atoms with Crippen LogP contribution in [0, 0.1) is 5.92 Å². The number of ether oxygens (including phenoxy) is 1. The van der Waals surface area contributed by atoms with Crippen LogP contribution in [-0.4, -0.2) is 37.0 Å². The molecule has 5 heteroatoms. The summed E-state index contributed by atoms with van der Waals surface area (Å²) in [5.41, 5.74) is 1.38. The first-order valence-corrected chi connectivity index (χ1v) is 8.07. The van der Waals surface area contributed by atoms with Gasteiger partial charge in [0.1, 0.15) is 0 Å². The van der Waals surface area contributed by atoms with E-state index in [-0.39, 0.29) is 18.3 Å². The van der Waals surface area contributed by atoms with Crippen LogP contribution in [-0.2, 0) is 20.5 Å². The first-order chi connectivity index (χ1) is 10.3. The van der Waals surface area contributed by atoms with Gasteiger partial charge in [0.15, 0.2) is 0 Å². The van der Waals surface area contributed by atoms with Crippen molar-refractivity contribution >= 4 is 12.6 Å². The van der Waals surface area contributed by atoms with E-state index >= 15 is 0 Å². The predicted octanol–water partition coefficient (Wildman–Crippen LogP) is 2.60. The van der Waals surface area contributed by atoms with Crippen LogP contribution in [0.15, 0.2) is 18.3 Å². The Balaban J connectivity index is 2.11. The van der Waals surface area contributed by atoms with Crippen molar-refractivity contribution in [3.63, 3.8) is 0 Å². The number of hydrogen-bond acceptors (Lipinski definition) is 4. The number of hydrogen-bond donors (Lipinski definition) is 0. The fourth-order valence-electron chi connectivity index (χ4n) is 2.93. The molecule has 2 heterocycles. The van der Waals surface area contributed by atoms with Crippen molar-refractivity contribution in [2.24, 2.45) is 5.92 Å². The third-order valence-electron chi connectivity index (χ3n) is 4.52. The van der Waals surface area contributed by atoms with Gasteiger partial charge in [0.05, 0.1) is 17.8 Å². The van der Waals surface area contributed by atoms with Crippen LogP contribution >= 0.6 is 0 Å². The molecule has 1 aliphatic heterocycles. The second-order valence-corrected chi connectivity index (χ2v) is 7.23. The van der Waals surface area contributed by atoms with Crippen molar-refractivity contribution in [3.8, 4) is 0 Å². The van der Waals surface area contributed by atoms with Gasteiger partial charge in [-0.2, -0.15) is 0 Å². The van der Waals surface area contributed by atoms with Gasteiger partial charge in [0.25, 0.3) is 0 Å². The predicted molar refractivity (Wildman–Crippen MR) is 89.3 cm³/mol. The Labute approximate surface area is 134 Å². The van der Waals surface area contributed by atoms with Crippen LogP contribution in [0.25, 0.3) is 0 Å². The van der Waals surface area contributed by atoms with Gasteiger partial charge < -0.3 is 14.0 Å². The zero-order valence-corrected chi connectivity index (χ0v) is 14.7. The molecule has 22 heavy (non-hydrogen) atoms. The molecule has 0 saturated carbocycles. The summed E-state index contributed by atoms with van der Waals surface area (Å²) in [5.74, 6) is 0.557. The summed E-state index contributed by atoms with van der Waals surface area (Å²) in [6.45, 7) is 11.5. The van der Waals surface area contributed by atoms with Gasteiger partial charge in [-0.15, -0.1) is 0 Å². The van der Waals surface area contributed by atoms with Crippen molar-refractivity contribution in [1.29, 1.82) is 0 Å². The molecule has 1 aromatic rings. The van der Waals surface area contributed by atoms with E-state index in [1.807, 2.05) is 18.3 Å². The maximum Gasteiger partial charge on any atom is 0.496 e. The largest absolute Gasteiger partial charge is 0.496 e. The lowest BCUT2D eigenvalue weighted by molar-refractivity contribution is -0.0239. The monoisotopic (exact) mass is 305 g/mol. The molecule has 0 N–H and O–H groups in total. The molecule has 0 aromatic carbocycles. The summed E-state index contributed by atoms with van der Waals surface area (Å²) in [4.78, 5) is 4.48. The van der Waals surface area contributed by atoms with Crippen molar-refractivity contribution in [2.75, 3.05) is 13.7 Å². The van der Waals surface area contributed by atoms with Crippen molar-refractivity contribution in [2.45, 2.75) is 58.7 Å². The van der Waals surface area contributed by atoms with Crippen LogP contribution in [0.2, 0.25) is 0 Å². The van der Waals surface area contributed by atoms with Gasteiger partial charge in [0.2, 0.25) is 0 Å². The Hall–Kier alpha value is -0.905. The molecule has 0 amide bonds. The maximum atomic E-state index is 6.30. The minimum atomic E-state index is -0.345. The highest BCUT2D eigenvalue weighted by Crippen LogP contribution is 2.41. The molecule has 0 aliphatic carbocycles. The lowest BCUT2D eigenvalue weighted by atomic mass is 9.80. The summed E-state index contributed by atoms with van der Waals surface area (Å²) in [7, 11) is 1.36. The number of aromatic nitrogens is 1. The summed E-state index contributed by atoms with van der Waals surface area (Å²) in [6, 6.07) is 4.06. The van der Waals surface area contributed by atoms with Gasteiger partial charge >= 0.3 is 7.12 Å². The third kappa shape index (κ3) is 3.70. The van der Waals surface area contributed by atoms with E-state index in [9.17, 15) is 0 Å². The molecular formula is C17H28BNO3. The van der Waals surface area contributed by atoms with E-state index in [4.69, 9.17) is 14.0 Å². The molecule has 1 atom stereocenters. The Morgan fingerprint density at radius 3 is 2.50 bits per heavy atom. The fraction of sp³-hybridized carbons (Fsp3) is 0.706. The molecular weight excluding hydrogens is 277 g/mol. The lowest BCUT2D eigenvalue weighted by Crippen LogP contribution is -2.45. The molecule has 1 unspecified atom stereocenters. The van der Waals surface area contributed by atoms with Gasteiger partial charge in [-0.3, -0.25) is 4.98 Å². The quantitative estimate of drug-likeness (QED) is 0.758. The minimum absolute atomic E-state index is 0.291. The summed E-state index contributed by atoms with van der Waals surface area (Å²) < 4.78 is 17.6. The van der Waals surface area contributed by atoms with E-state index in [0.29, 0.717) is 12.5 Å². The standard InChI is InChI=1S/C17H28BNO3/c1-13(2)11-17(5)16(3,4)21-18(22-17)14-7-8-15(19-12-14)9-10-20-6/h7-8,12-13H,9-11H2,1-6H3. The first kappa shape index (κ1) is 17.4. The van der Waals surface area contributed by atoms with Crippen molar-refractivity contribution in [3.05, 3.63) is 24.0 Å². The molecule has 1 aliphatic rings. The highest BCUT2D eigenvalue weighted by atomic mass is 16.7. The van der Waals surface area contributed by atoms with Crippen LogP contribution in [0.3, 0.4) is 0 Å². The Morgan fingerprint density at radius 2 is 1.95 bits per heavy atom. The van der Waals surface area contributed by atoms with Crippen molar-refractivity contribution < 1.29 is 14.0 Å². The molecule has 1 saturated heterocycles. The minimum Gasteiger partial charge on any atom is -0.399 e. The first-order valence-electron chi connectivity index (χ1n) is 8.07. The molecule has 0 radical (unpaired) electrons. The molecule has 122 valence electrons. The summed E-state index contributed by atoms with van der Waals surface area (Å²) in [6.07, 6.45) is 3.64. The SMILES string of the molecule is COCCc1ccc(B2OC(C)(C)C(C)(CC(C)C)O2)cn1. The molecule has 0 spiro atoms. The highest BCUT2D eigenvalue weighted by Gasteiger charge is 2.54. The number of pyridine rings is 1. The van der Waals surface area contributed by atoms with Gasteiger partial charge in [-0.25, -0.2) is 0 Å². The molecule has 1 fully saturated rings. The summed E-state index contributed by atoms with van der Waals surface area (Å²) in [5, 5.41) is 0. The average molecular weight is 305 g/mol. The highest BCUT2D eigenvalue weighted by molar-refractivity contribution is 6.62. The van der Waals surface area contributed by atoms with E-state index in [0.717, 1.165) is 24.0 Å². The molecule has 4 nitrogen and oxygen atoms in total. The molecule has 1 aromatic heterocycles. The zero-order valence-electron chi connectivity index (χ0n) is 14.7. The van der Waals surface area contributed by atoms with Gasteiger partial charge in [-0.05, 0) is 39.2 Å². The Morgan fingerprint density at radius 1 is 1.23 bits per heavy atom. The number of rotatable bonds is 6.